The van der Waals surface area contributed by atoms with E-state index in [1.54, 1.807) is 0 Å². The van der Waals surface area contributed by atoms with Crippen LogP contribution in [0.4, 0.5) is 0 Å². The molecular weight excluding hydrogens is 210 g/mol. The summed E-state index contributed by atoms with van der Waals surface area (Å²) in [7, 11) is 6.34. The summed E-state index contributed by atoms with van der Waals surface area (Å²) in [5.41, 5.74) is 8.59. The maximum atomic E-state index is 5.93. The fraction of sp³-hybridized carbons (Fsp3) is 0.571. The Labute approximate surface area is 105 Å². The van der Waals surface area contributed by atoms with Gasteiger partial charge in [-0.05, 0) is 39.2 Å². The van der Waals surface area contributed by atoms with Gasteiger partial charge in [0.2, 0.25) is 0 Å². The molecule has 96 valence electrons. The molecule has 0 aliphatic rings. The highest BCUT2D eigenvalue weighted by atomic mass is 15.2. The van der Waals surface area contributed by atoms with Crippen molar-refractivity contribution in [2.45, 2.75) is 13.0 Å². The zero-order chi connectivity index (χ0) is 12.8. The van der Waals surface area contributed by atoms with Crippen LogP contribution in [0.5, 0.6) is 0 Å². The lowest BCUT2D eigenvalue weighted by atomic mass is 10.0. The molecule has 3 heteroatoms. The number of rotatable bonds is 6. The Hall–Kier alpha value is -0.900. The Bertz CT molecular complexity index is 336. The third-order valence-electron chi connectivity index (χ3n) is 3.20. The quantitative estimate of drug-likeness (QED) is 0.811. The second-order valence-electron chi connectivity index (χ2n) is 4.89. The van der Waals surface area contributed by atoms with Crippen molar-refractivity contribution in [2.75, 3.05) is 40.8 Å². The molecule has 17 heavy (non-hydrogen) atoms. The highest BCUT2D eigenvalue weighted by Gasteiger charge is 2.16. The van der Waals surface area contributed by atoms with Crippen LogP contribution in [-0.2, 0) is 0 Å². The molecule has 0 saturated carbocycles. The lowest BCUT2D eigenvalue weighted by Crippen LogP contribution is -2.35. The van der Waals surface area contributed by atoms with E-state index in [2.05, 4.69) is 62.1 Å². The van der Waals surface area contributed by atoms with Crippen molar-refractivity contribution in [3.63, 3.8) is 0 Å². The Morgan fingerprint density at radius 3 is 2.29 bits per heavy atom. The first-order valence-electron chi connectivity index (χ1n) is 6.16. The average Bonchev–Trinajstić information content (AvgIpc) is 2.30. The minimum Gasteiger partial charge on any atom is -0.329 e. The summed E-state index contributed by atoms with van der Waals surface area (Å²) in [6.07, 6.45) is 0. The third kappa shape index (κ3) is 4.11. The summed E-state index contributed by atoms with van der Waals surface area (Å²) in [5.74, 6) is 0. The Balaban J connectivity index is 2.74. The summed E-state index contributed by atoms with van der Waals surface area (Å²) in [5, 5.41) is 0. The number of hydrogen-bond acceptors (Lipinski definition) is 3. The van der Waals surface area contributed by atoms with Gasteiger partial charge in [0.1, 0.15) is 0 Å². The van der Waals surface area contributed by atoms with Crippen LogP contribution >= 0.6 is 0 Å². The number of likely N-dealkylation sites (N-methyl/N-ethyl adjacent to an activating group) is 2. The maximum Gasteiger partial charge on any atom is 0.0470 e. The molecule has 3 nitrogen and oxygen atoms in total. The highest BCUT2D eigenvalue weighted by molar-refractivity contribution is 5.29. The van der Waals surface area contributed by atoms with Crippen LogP contribution in [-0.4, -0.2) is 50.6 Å². The van der Waals surface area contributed by atoms with Crippen molar-refractivity contribution in [1.29, 1.82) is 0 Å². The molecular formula is C14H25N3. The first-order valence-corrected chi connectivity index (χ1v) is 6.16. The van der Waals surface area contributed by atoms with Gasteiger partial charge in [0.25, 0.3) is 0 Å². The van der Waals surface area contributed by atoms with Gasteiger partial charge in [0, 0.05) is 25.7 Å². The molecule has 0 aliphatic carbocycles. The van der Waals surface area contributed by atoms with Gasteiger partial charge in [-0.3, -0.25) is 4.90 Å². The predicted octanol–water partition coefficient (Wildman–Crippen LogP) is 1.49. The summed E-state index contributed by atoms with van der Waals surface area (Å²) in [6.45, 7) is 4.90. The number of benzene rings is 1. The zero-order valence-corrected chi connectivity index (χ0v) is 11.5. The van der Waals surface area contributed by atoms with Gasteiger partial charge < -0.3 is 10.6 Å². The van der Waals surface area contributed by atoms with Crippen molar-refractivity contribution < 1.29 is 0 Å². The van der Waals surface area contributed by atoms with E-state index in [1.807, 2.05) is 0 Å². The molecule has 1 unspecified atom stereocenters. The molecule has 0 spiro atoms. The van der Waals surface area contributed by atoms with E-state index in [4.69, 9.17) is 5.73 Å². The van der Waals surface area contributed by atoms with Crippen LogP contribution in [0.15, 0.2) is 24.3 Å². The lowest BCUT2D eigenvalue weighted by Gasteiger charge is -2.29. The van der Waals surface area contributed by atoms with E-state index in [0.29, 0.717) is 12.6 Å². The molecule has 1 aromatic carbocycles. The number of nitrogens with two attached hydrogens (primary N) is 1. The van der Waals surface area contributed by atoms with E-state index in [0.717, 1.165) is 13.1 Å². The van der Waals surface area contributed by atoms with Crippen molar-refractivity contribution in [3.8, 4) is 0 Å². The highest BCUT2D eigenvalue weighted by Crippen LogP contribution is 2.21. The van der Waals surface area contributed by atoms with Crippen LogP contribution in [0.1, 0.15) is 17.2 Å². The summed E-state index contributed by atoms with van der Waals surface area (Å²) < 4.78 is 0. The number of aryl methyl sites for hydroxylation is 1. The molecule has 0 aromatic heterocycles. The van der Waals surface area contributed by atoms with Gasteiger partial charge in [0.05, 0.1) is 0 Å². The molecule has 2 N–H and O–H groups in total. The third-order valence-corrected chi connectivity index (χ3v) is 3.20. The van der Waals surface area contributed by atoms with Crippen molar-refractivity contribution in [1.82, 2.24) is 9.80 Å². The van der Waals surface area contributed by atoms with Crippen molar-refractivity contribution in [3.05, 3.63) is 35.4 Å². The molecule has 0 radical (unpaired) electrons. The molecule has 1 rings (SSSR count). The molecule has 0 heterocycles. The standard InChI is InChI=1S/C14H25N3/c1-12-7-5-6-8-13(12)14(11-15)17(4)10-9-16(2)3/h5-8,14H,9-11,15H2,1-4H3. The first-order chi connectivity index (χ1) is 8.06. The van der Waals surface area contributed by atoms with E-state index in [9.17, 15) is 0 Å². The van der Waals surface area contributed by atoms with Crippen LogP contribution in [0.3, 0.4) is 0 Å². The van der Waals surface area contributed by atoms with Crippen molar-refractivity contribution in [2.24, 2.45) is 5.73 Å². The molecule has 0 aliphatic heterocycles. The molecule has 1 atom stereocenters. The normalized spacial score (nSPS) is 13.4. The lowest BCUT2D eigenvalue weighted by molar-refractivity contribution is 0.222. The van der Waals surface area contributed by atoms with Gasteiger partial charge in [0.15, 0.2) is 0 Å². The van der Waals surface area contributed by atoms with Gasteiger partial charge >= 0.3 is 0 Å². The van der Waals surface area contributed by atoms with Crippen LogP contribution in [0, 0.1) is 6.92 Å². The molecule has 0 amide bonds. The SMILES string of the molecule is Cc1ccccc1C(CN)N(C)CCN(C)C. The van der Waals surface area contributed by atoms with Gasteiger partial charge in [-0.1, -0.05) is 24.3 Å². The summed E-state index contributed by atoms with van der Waals surface area (Å²) in [4.78, 5) is 4.53. The number of nitrogens with zero attached hydrogens (tertiary/aromatic N) is 2. The second kappa shape index (κ2) is 6.74. The summed E-state index contributed by atoms with van der Waals surface area (Å²) >= 11 is 0. The van der Waals surface area contributed by atoms with Gasteiger partial charge in [-0.2, -0.15) is 0 Å². The number of hydrogen-bond donors (Lipinski definition) is 1. The predicted molar refractivity (Wildman–Crippen MR) is 74.2 cm³/mol. The van der Waals surface area contributed by atoms with E-state index in [1.165, 1.54) is 11.1 Å². The van der Waals surface area contributed by atoms with Gasteiger partial charge in [-0.15, -0.1) is 0 Å². The molecule has 0 saturated heterocycles. The topological polar surface area (TPSA) is 32.5 Å². The van der Waals surface area contributed by atoms with E-state index >= 15 is 0 Å². The van der Waals surface area contributed by atoms with Crippen LogP contribution in [0.2, 0.25) is 0 Å². The minimum absolute atomic E-state index is 0.316. The largest absolute Gasteiger partial charge is 0.329 e. The fourth-order valence-electron chi connectivity index (χ4n) is 2.02. The monoisotopic (exact) mass is 235 g/mol. The second-order valence-corrected chi connectivity index (χ2v) is 4.89. The molecule has 0 fully saturated rings. The Kier molecular flexibility index (Phi) is 5.62. The summed E-state index contributed by atoms with van der Waals surface area (Å²) in [6, 6.07) is 8.81. The average molecular weight is 235 g/mol. The fourth-order valence-corrected chi connectivity index (χ4v) is 2.02. The maximum absolute atomic E-state index is 5.93. The van der Waals surface area contributed by atoms with E-state index < -0.39 is 0 Å². The molecule has 0 bridgehead atoms. The van der Waals surface area contributed by atoms with Gasteiger partial charge in [-0.25, -0.2) is 0 Å². The van der Waals surface area contributed by atoms with Crippen LogP contribution in [0.25, 0.3) is 0 Å². The zero-order valence-electron chi connectivity index (χ0n) is 11.5. The minimum atomic E-state index is 0.316. The van der Waals surface area contributed by atoms with Crippen LogP contribution < -0.4 is 5.73 Å². The van der Waals surface area contributed by atoms with Crippen molar-refractivity contribution >= 4 is 0 Å². The Morgan fingerprint density at radius 1 is 1.12 bits per heavy atom. The van der Waals surface area contributed by atoms with E-state index in [-0.39, 0.29) is 0 Å². The first kappa shape index (κ1) is 14.2. The Morgan fingerprint density at radius 2 is 1.76 bits per heavy atom. The molecule has 1 aromatic rings. The smallest absolute Gasteiger partial charge is 0.0470 e.